The fraction of sp³-hybridized carbons (Fsp3) is 0.510. The van der Waals surface area contributed by atoms with Crippen molar-refractivity contribution in [2.45, 2.75) is 110 Å². The molecule has 5 amide bonds. The predicted octanol–water partition coefficient (Wildman–Crippen LogP) is 3.65. The van der Waals surface area contributed by atoms with Gasteiger partial charge in [0.05, 0.1) is 36.2 Å². The molecule has 5 atom stereocenters. The van der Waals surface area contributed by atoms with Crippen LogP contribution < -0.4 is 21.4 Å². The lowest BCUT2D eigenvalue weighted by molar-refractivity contribution is -0.155. The number of urea groups is 1. The molecule has 2 aromatic carbocycles. The van der Waals surface area contributed by atoms with Crippen LogP contribution in [0.2, 0.25) is 0 Å². The van der Waals surface area contributed by atoms with Crippen molar-refractivity contribution >= 4 is 40.6 Å². The smallest absolute Gasteiger partial charge is 0.324 e. The molecule has 0 spiro atoms. The first-order valence-corrected chi connectivity index (χ1v) is 23.1. The van der Waals surface area contributed by atoms with E-state index in [1.165, 1.54) is 9.91 Å². The van der Waals surface area contributed by atoms with E-state index in [0.29, 0.717) is 62.3 Å². The quantitative estimate of drug-likeness (QED) is 0.105. The standard InChI is InChI=1S/C49H63N9O8/c1-8-57-40-14-13-30-21-35(40)36(43(57)34-11-9-15-50-41(34)28(4)59)22-49(5,6)26-66-47(64)37-12-10-16-58(54-37)46(63)38(19-29-17-31(30)20-33(60)18-29)53-45(62)42(27(2)3)55(7)48(65)56-24-32(25-56)52-44(61)39-23-51-39/h9,11,13-15,17-18,20-21,27-28,32,37-39,42,51,54,59-60H,8,10,12,16,19,22-26H2,1-7H3,(H,52,61)(H,53,62)/t28-,37-,38-,39-,42-/m0/s1. The maximum Gasteiger partial charge on any atom is 0.324 e. The first-order chi connectivity index (χ1) is 31.4. The van der Waals surface area contributed by atoms with Crippen molar-refractivity contribution < 1.29 is 38.9 Å². The van der Waals surface area contributed by atoms with Gasteiger partial charge in [0.1, 0.15) is 23.9 Å². The Morgan fingerprint density at radius 1 is 1.05 bits per heavy atom. The summed E-state index contributed by atoms with van der Waals surface area (Å²) in [6.45, 7) is 13.7. The number of likely N-dealkylation sites (N-methyl/N-ethyl adjacent to an activating group) is 1. The third-order valence-corrected chi connectivity index (χ3v) is 13.2. The van der Waals surface area contributed by atoms with Crippen LogP contribution in [0.25, 0.3) is 33.3 Å². The van der Waals surface area contributed by atoms with Crippen LogP contribution in [0.15, 0.2) is 54.7 Å². The minimum absolute atomic E-state index is 0.0216. The van der Waals surface area contributed by atoms with Gasteiger partial charge in [-0.15, -0.1) is 0 Å². The molecular formula is C49H63N9O8. The van der Waals surface area contributed by atoms with E-state index in [9.17, 15) is 34.2 Å². The normalized spacial score (nSPS) is 21.9. The molecule has 66 heavy (non-hydrogen) atoms. The maximum atomic E-state index is 14.7. The topological polar surface area (TPSA) is 221 Å². The van der Waals surface area contributed by atoms with E-state index >= 15 is 0 Å². The van der Waals surface area contributed by atoms with Gasteiger partial charge in [-0.05, 0) is 97.7 Å². The number of carbonyl (C=O) groups is 5. The number of pyridine rings is 1. The van der Waals surface area contributed by atoms with E-state index in [1.54, 1.807) is 37.2 Å². The van der Waals surface area contributed by atoms with E-state index < -0.39 is 47.4 Å². The molecule has 6 heterocycles. The summed E-state index contributed by atoms with van der Waals surface area (Å²) >= 11 is 0. The highest BCUT2D eigenvalue weighted by molar-refractivity contribution is 5.96. The number of carbonyl (C=O) groups excluding carboxylic acids is 5. The molecule has 4 aliphatic heterocycles. The number of hydrogen-bond acceptors (Lipinski definition) is 11. The molecule has 0 aliphatic carbocycles. The fourth-order valence-corrected chi connectivity index (χ4v) is 9.76. The lowest BCUT2D eigenvalue weighted by Gasteiger charge is -2.43. The van der Waals surface area contributed by atoms with Crippen molar-refractivity contribution in [2.75, 3.05) is 39.8 Å². The zero-order chi connectivity index (χ0) is 47.2. The number of esters is 1. The van der Waals surface area contributed by atoms with Crippen LogP contribution in [-0.2, 0) is 43.3 Å². The number of rotatable bonds is 9. The highest BCUT2D eigenvalue weighted by Gasteiger charge is 2.42. The minimum Gasteiger partial charge on any atom is -0.508 e. The van der Waals surface area contributed by atoms with Crippen molar-refractivity contribution in [2.24, 2.45) is 11.3 Å². The van der Waals surface area contributed by atoms with Crippen LogP contribution in [0.1, 0.15) is 77.3 Å². The van der Waals surface area contributed by atoms with Gasteiger partial charge in [0.15, 0.2) is 0 Å². The number of benzene rings is 2. The van der Waals surface area contributed by atoms with Crippen molar-refractivity contribution in [3.63, 3.8) is 0 Å². The third kappa shape index (κ3) is 9.60. The number of fused-ring (bicyclic) bond motifs is 6. The molecule has 0 saturated carbocycles. The number of aromatic hydroxyl groups is 1. The molecule has 2 aromatic heterocycles. The van der Waals surface area contributed by atoms with Crippen LogP contribution in [-0.4, -0.2) is 134 Å². The molecule has 0 unspecified atom stereocenters. The number of phenolic OH excluding ortho intramolecular Hbond substituents is 1. The number of aliphatic hydroxyl groups is 1. The Morgan fingerprint density at radius 2 is 1.80 bits per heavy atom. The molecule has 0 radical (unpaired) electrons. The summed E-state index contributed by atoms with van der Waals surface area (Å²) in [6.07, 6.45) is 2.24. The molecule has 6 N–H and O–H groups in total. The number of ether oxygens (including phenoxy) is 1. The second kappa shape index (κ2) is 18.7. The molecule has 4 aromatic rings. The number of nitrogens with zero attached hydrogens (tertiary/aromatic N) is 5. The van der Waals surface area contributed by atoms with Gasteiger partial charge >= 0.3 is 12.0 Å². The van der Waals surface area contributed by atoms with Crippen LogP contribution in [0.4, 0.5) is 4.79 Å². The first kappa shape index (κ1) is 46.5. The number of hydrazine groups is 1. The molecule has 352 valence electrons. The summed E-state index contributed by atoms with van der Waals surface area (Å²) in [5, 5.41) is 33.4. The largest absolute Gasteiger partial charge is 0.508 e. The Labute approximate surface area is 385 Å². The molecule has 4 aliphatic rings. The van der Waals surface area contributed by atoms with Gasteiger partial charge in [0.25, 0.3) is 5.91 Å². The van der Waals surface area contributed by atoms with Crippen LogP contribution >= 0.6 is 0 Å². The second-order valence-electron chi connectivity index (χ2n) is 19.5. The van der Waals surface area contributed by atoms with Crippen molar-refractivity contribution in [1.29, 1.82) is 0 Å². The minimum atomic E-state index is -1.17. The number of aliphatic hydroxyl groups excluding tert-OH is 1. The van der Waals surface area contributed by atoms with Crippen LogP contribution in [0.5, 0.6) is 5.75 Å². The van der Waals surface area contributed by atoms with E-state index in [4.69, 9.17) is 4.74 Å². The summed E-state index contributed by atoms with van der Waals surface area (Å²) in [6, 6.07) is 11.4. The molecule has 17 heteroatoms. The van der Waals surface area contributed by atoms with Crippen molar-refractivity contribution in [3.8, 4) is 28.1 Å². The number of aromatic nitrogens is 2. The predicted molar refractivity (Wildman–Crippen MR) is 248 cm³/mol. The zero-order valence-electron chi connectivity index (χ0n) is 38.9. The Balaban J connectivity index is 1.16. The summed E-state index contributed by atoms with van der Waals surface area (Å²) in [7, 11) is 1.56. The Morgan fingerprint density at radius 3 is 2.50 bits per heavy atom. The maximum absolute atomic E-state index is 14.7. The summed E-state index contributed by atoms with van der Waals surface area (Å²) in [5.74, 6) is -2.00. The van der Waals surface area contributed by atoms with Crippen molar-refractivity contribution in [1.82, 2.24) is 45.7 Å². The van der Waals surface area contributed by atoms with Crippen LogP contribution in [0, 0.1) is 11.3 Å². The Hall–Kier alpha value is -6.04. The molecule has 3 fully saturated rings. The Bertz CT molecular complexity index is 2530. The number of phenols is 1. The first-order valence-electron chi connectivity index (χ1n) is 23.1. The number of hydrogen-bond donors (Lipinski definition) is 6. The molecule has 3 saturated heterocycles. The fourth-order valence-electron chi connectivity index (χ4n) is 9.76. The third-order valence-electron chi connectivity index (χ3n) is 13.2. The SMILES string of the molecule is CCn1c(-c2cccnc2[C@H](C)O)c2c3cc(ccc31)-c1cc(O)cc(c1)C[C@H](NC(=O)[C@H](C(C)C)N(C)C(=O)N1CC(NC(=O)[C@@H]3CN3)C1)C(=O)N1CCC[C@H](N1)C(=O)OCC(C)(C)C2. The van der Waals surface area contributed by atoms with Crippen molar-refractivity contribution in [3.05, 3.63) is 71.5 Å². The van der Waals surface area contributed by atoms with Gasteiger partial charge in [0.2, 0.25) is 11.8 Å². The highest BCUT2D eigenvalue weighted by atomic mass is 16.5. The zero-order valence-corrected chi connectivity index (χ0v) is 38.9. The van der Waals surface area contributed by atoms with Gasteiger partial charge in [-0.3, -0.25) is 29.2 Å². The average Bonchev–Trinajstić information content (AvgIpc) is 4.08. The van der Waals surface area contributed by atoms with Gasteiger partial charge < -0.3 is 45.3 Å². The summed E-state index contributed by atoms with van der Waals surface area (Å²) in [5.41, 5.74) is 8.82. The molecule has 17 nitrogen and oxygen atoms in total. The van der Waals surface area contributed by atoms with Gasteiger partial charge in [-0.2, -0.15) is 0 Å². The van der Waals surface area contributed by atoms with E-state index in [0.717, 1.165) is 33.3 Å². The van der Waals surface area contributed by atoms with E-state index in [2.05, 4.69) is 43.9 Å². The number of amides is 5. The lowest BCUT2D eigenvalue weighted by atomic mass is 9.84. The summed E-state index contributed by atoms with van der Waals surface area (Å²) in [4.78, 5) is 76.6. The Kier molecular flexibility index (Phi) is 13.2. The molecule has 8 rings (SSSR count). The number of nitrogens with one attached hydrogen (secondary N) is 4. The van der Waals surface area contributed by atoms with Crippen LogP contribution in [0.3, 0.4) is 0 Å². The molecule has 6 bridgehead atoms. The van der Waals surface area contributed by atoms with Gasteiger partial charge in [-0.25, -0.2) is 10.2 Å². The van der Waals surface area contributed by atoms with E-state index in [-0.39, 0.29) is 55.3 Å². The second-order valence-corrected chi connectivity index (χ2v) is 19.5. The monoisotopic (exact) mass is 905 g/mol. The molecular weight excluding hydrogens is 843 g/mol. The number of likely N-dealkylation sites (tertiary alicyclic amines) is 1. The average molecular weight is 906 g/mol. The summed E-state index contributed by atoms with van der Waals surface area (Å²) < 4.78 is 8.29. The highest BCUT2D eigenvalue weighted by Crippen LogP contribution is 2.42. The van der Waals surface area contributed by atoms with E-state index in [1.807, 2.05) is 58.0 Å². The number of aryl methyl sites for hydroxylation is 1. The number of cyclic esters (lactones) is 1. The van der Waals surface area contributed by atoms with Gasteiger partial charge in [0, 0.05) is 74.3 Å². The van der Waals surface area contributed by atoms with Gasteiger partial charge in [-0.1, -0.05) is 39.8 Å². The lowest BCUT2D eigenvalue weighted by Crippen LogP contribution is -2.66.